The van der Waals surface area contributed by atoms with E-state index in [1.165, 1.54) is 12.3 Å². The summed E-state index contributed by atoms with van der Waals surface area (Å²) in [5, 5.41) is 11.3. The summed E-state index contributed by atoms with van der Waals surface area (Å²) in [4.78, 5) is 32.7. The number of hydrogen-bond acceptors (Lipinski definition) is 6. The largest absolute Gasteiger partial charge is 0.347 e. The molecule has 0 aromatic carbocycles. The molecule has 2 aromatic rings. The van der Waals surface area contributed by atoms with Crippen LogP contribution in [0.5, 0.6) is 0 Å². The van der Waals surface area contributed by atoms with Crippen LogP contribution < -0.4 is 5.32 Å². The van der Waals surface area contributed by atoms with Gasteiger partial charge in [0.25, 0.3) is 11.8 Å². The lowest BCUT2D eigenvalue weighted by molar-refractivity contribution is 0.0372. The Morgan fingerprint density at radius 3 is 2.75 bits per heavy atom. The lowest BCUT2D eigenvalue weighted by Gasteiger charge is -2.43. The van der Waals surface area contributed by atoms with Crippen molar-refractivity contribution in [3.63, 3.8) is 0 Å². The number of fused-ring (bicyclic) bond motifs is 3. The molecule has 4 heterocycles. The van der Waals surface area contributed by atoms with Gasteiger partial charge in [0.2, 0.25) is 11.8 Å². The van der Waals surface area contributed by atoms with Crippen LogP contribution in [0.2, 0.25) is 0 Å². The maximum atomic E-state index is 13.4. The Morgan fingerprint density at radius 2 is 1.96 bits per heavy atom. The fourth-order valence-electron chi connectivity index (χ4n) is 3.89. The molecule has 0 unspecified atom stereocenters. The van der Waals surface area contributed by atoms with Crippen LogP contribution in [0.25, 0.3) is 0 Å². The monoisotopic (exact) mass is 385 g/mol. The van der Waals surface area contributed by atoms with Crippen LogP contribution in [0.3, 0.4) is 0 Å². The summed E-state index contributed by atoms with van der Waals surface area (Å²) in [7, 11) is 0. The van der Waals surface area contributed by atoms with Crippen molar-refractivity contribution in [2.45, 2.75) is 31.5 Å². The van der Waals surface area contributed by atoms with Crippen LogP contribution in [-0.2, 0) is 6.54 Å². The molecule has 9 nitrogen and oxygen atoms in total. The highest BCUT2D eigenvalue weighted by Crippen LogP contribution is 2.29. The van der Waals surface area contributed by atoms with Gasteiger partial charge in [-0.05, 0) is 18.9 Å². The molecule has 2 aliphatic heterocycles. The molecule has 1 aliphatic carbocycles. The topological polar surface area (TPSA) is 96.3 Å². The number of piperazine rings is 1. The molecule has 2 amide bonds. The molecule has 3 aliphatic rings. The first kappa shape index (κ1) is 17.2. The Hall–Kier alpha value is -2.88. The molecule has 5 rings (SSSR count). The van der Waals surface area contributed by atoms with E-state index in [4.69, 9.17) is 0 Å². The molecule has 28 heavy (non-hydrogen) atoms. The number of halogens is 1. The van der Waals surface area contributed by atoms with Gasteiger partial charge in [-0.25, -0.2) is 4.98 Å². The third kappa shape index (κ3) is 3.03. The van der Waals surface area contributed by atoms with Crippen LogP contribution in [0, 0.1) is 5.95 Å². The number of carbonyl (C=O) groups excluding carboxylic acids is 2. The lowest BCUT2D eigenvalue weighted by atomic mass is 10.1. The van der Waals surface area contributed by atoms with Crippen LogP contribution in [-0.4, -0.2) is 73.6 Å². The Bertz CT molecular complexity index is 942. The highest BCUT2D eigenvalue weighted by Gasteiger charge is 2.38. The zero-order valence-electron chi connectivity index (χ0n) is 15.2. The van der Waals surface area contributed by atoms with Crippen molar-refractivity contribution in [2.75, 3.05) is 26.2 Å². The maximum absolute atomic E-state index is 13.4. The molecule has 1 N–H and O–H groups in total. The second-order valence-corrected chi connectivity index (χ2v) is 7.45. The van der Waals surface area contributed by atoms with Gasteiger partial charge in [-0.1, -0.05) is 0 Å². The number of aromatic nitrogens is 4. The van der Waals surface area contributed by atoms with E-state index in [-0.39, 0.29) is 29.5 Å². The first-order valence-electron chi connectivity index (χ1n) is 9.49. The van der Waals surface area contributed by atoms with E-state index in [1.54, 1.807) is 4.90 Å². The zero-order chi connectivity index (χ0) is 19.3. The lowest BCUT2D eigenvalue weighted by Crippen LogP contribution is -2.53. The number of nitrogens with one attached hydrogen (secondary N) is 1. The van der Waals surface area contributed by atoms with Gasteiger partial charge in [0.15, 0.2) is 5.82 Å². The fraction of sp³-hybridized carbons (Fsp3) is 0.500. The minimum Gasteiger partial charge on any atom is -0.347 e. The summed E-state index contributed by atoms with van der Waals surface area (Å²) in [6.45, 7) is 3.09. The predicted molar refractivity (Wildman–Crippen MR) is 94.9 cm³/mol. The summed E-state index contributed by atoms with van der Waals surface area (Å²) >= 11 is 0. The molecule has 0 spiro atoms. The van der Waals surface area contributed by atoms with E-state index >= 15 is 0 Å². The van der Waals surface area contributed by atoms with Gasteiger partial charge in [0.1, 0.15) is 0 Å². The normalized spacial score (nSPS) is 21.8. The Morgan fingerprint density at radius 1 is 1.14 bits per heavy atom. The maximum Gasteiger partial charge on any atom is 0.289 e. The summed E-state index contributed by atoms with van der Waals surface area (Å²) in [5.74, 6) is -0.0602. The van der Waals surface area contributed by atoms with Gasteiger partial charge in [-0.3, -0.25) is 14.5 Å². The second-order valence-electron chi connectivity index (χ2n) is 7.45. The van der Waals surface area contributed by atoms with Crippen molar-refractivity contribution in [1.82, 2.24) is 34.9 Å². The first-order chi connectivity index (χ1) is 13.6. The van der Waals surface area contributed by atoms with Crippen molar-refractivity contribution >= 4 is 11.8 Å². The number of rotatable bonds is 3. The summed E-state index contributed by atoms with van der Waals surface area (Å²) in [5.41, 5.74) is 0.280. The second kappa shape index (κ2) is 6.62. The molecule has 146 valence electrons. The molecule has 0 radical (unpaired) electrons. The quantitative estimate of drug-likeness (QED) is 0.760. The predicted octanol–water partition coefficient (Wildman–Crippen LogP) is 0.217. The van der Waals surface area contributed by atoms with Crippen LogP contribution >= 0.6 is 0 Å². The summed E-state index contributed by atoms with van der Waals surface area (Å²) < 4.78 is 15.2. The van der Waals surface area contributed by atoms with Crippen molar-refractivity contribution in [3.8, 4) is 0 Å². The van der Waals surface area contributed by atoms with E-state index in [0.717, 1.165) is 25.5 Å². The molecule has 2 fully saturated rings. The van der Waals surface area contributed by atoms with Gasteiger partial charge < -0.3 is 14.8 Å². The number of carbonyl (C=O) groups is 2. The summed E-state index contributed by atoms with van der Waals surface area (Å²) in [6, 6.07) is 2.79. The van der Waals surface area contributed by atoms with Gasteiger partial charge in [0.05, 0.1) is 6.04 Å². The minimum atomic E-state index is -0.673. The smallest absolute Gasteiger partial charge is 0.289 e. The van der Waals surface area contributed by atoms with Crippen molar-refractivity contribution in [3.05, 3.63) is 41.5 Å². The van der Waals surface area contributed by atoms with E-state index in [1.807, 2.05) is 4.57 Å². The third-order valence-corrected chi connectivity index (χ3v) is 5.56. The highest BCUT2D eigenvalue weighted by atomic mass is 19.1. The number of pyridine rings is 1. The van der Waals surface area contributed by atoms with Gasteiger partial charge in [0, 0.05) is 56.6 Å². The van der Waals surface area contributed by atoms with E-state index in [9.17, 15) is 14.0 Å². The Balaban J connectivity index is 1.37. The molecule has 1 saturated heterocycles. The SMILES string of the molecule is O=C(NC1CC1)c1nnc2n1CCN1CCN(C(=O)c3ccnc(F)c3)C[C@H]21. The third-order valence-electron chi connectivity index (χ3n) is 5.56. The average molecular weight is 385 g/mol. The summed E-state index contributed by atoms with van der Waals surface area (Å²) in [6.07, 6.45) is 3.31. The van der Waals surface area contributed by atoms with Crippen LogP contribution in [0.15, 0.2) is 18.3 Å². The van der Waals surface area contributed by atoms with Crippen LogP contribution in [0.1, 0.15) is 45.7 Å². The Kier molecular flexibility index (Phi) is 4.08. The molecule has 1 saturated carbocycles. The van der Waals surface area contributed by atoms with Gasteiger partial charge >= 0.3 is 0 Å². The van der Waals surface area contributed by atoms with Crippen molar-refractivity contribution < 1.29 is 14.0 Å². The van der Waals surface area contributed by atoms with Gasteiger partial charge in [-0.2, -0.15) is 4.39 Å². The number of amides is 2. The van der Waals surface area contributed by atoms with Gasteiger partial charge in [-0.15, -0.1) is 10.2 Å². The molecule has 0 bridgehead atoms. The Labute approximate surface area is 160 Å². The molecule has 10 heteroatoms. The standard InChI is InChI=1S/C18H20FN7O2/c19-14-9-11(3-4-20-14)18(28)25-6-5-24-7-8-26-15(13(24)10-25)22-23-16(26)17(27)21-12-1-2-12/h3-4,9,12-13H,1-2,5-8,10H2,(H,21,27)/t13-/m1/s1. The van der Waals surface area contributed by atoms with E-state index in [0.29, 0.717) is 37.8 Å². The van der Waals surface area contributed by atoms with Crippen molar-refractivity contribution in [2.24, 2.45) is 0 Å². The zero-order valence-corrected chi connectivity index (χ0v) is 15.2. The molecular weight excluding hydrogens is 365 g/mol. The van der Waals surface area contributed by atoms with E-state index in [2.05, 4.69) is 25.4 Å². The molecule has 1 atom stereocenters. The van der Waals surface area contributed by atoms with Crippen molar-refractivity contribution in [1.29, 1.82) is 0 Å². The highest BCUT2D eigenvalue weighted by molar-refractivity contribution is 5.94. The average Bonchev–Trinajstić information content (AvgIpc) is 3.40. The number of nitrogens with zero attached hydrogens (tertiary/aromatic N) is 6. The number of hydrogen-bond donors (Lipinski definition) is 1. The molecular formula is C18H20FN7O2. The fourth-order valence-corrected chi connectivity index (χ4v) is 3.89. The van der Waals surface area contributed by atoms with E-state index < -0.39 is 5.95 Å². The first-order valence-corrected chi connectivity index (χ1v) is 9.49. The molecule has 2 aromatic heterocycles. The van der Waals surface area contributed by atoms with Crippen LogP contribution in [0.4, 0.5) is 4.39 Å². The minimum absolute atomic E-state index is 0.131.